The first-order chi connectivity index (χ1) is 9.43. The van der Waals surface area contributed by atoms with E-state index in [1.165, 1.54) is 22.0 Å². The van der Waals surface area contributed by atoms with Crippen LogP contribution in [-0.2, 0) is 10.2 Å². The largest absolute Gasteiger partial charge is 0.346 e. The van der Waals surface area contributed by atoms with Crippen LogP contribution in [-0.4, -0.2) is 12.8 Å². The zero-order valence-corrected chi connectivity index (χ0v) is 12.4. The van der Waals surface area contributed by atoms with Crippen molar-refractivity contribution in [2.75, 3.05) is 11.9 Å². The quantitative estimate of drug-likeness (QED) is 0.725. The molecule has 0 radical (unpaired) electrons. The third-order valence-electron chi connectivity index (χ3n) is 4.25. The molecule has 0 aliphatic carbocycles. The second-order valence-corrected chi connectivity index (χ2v) is 6.01. The number of anilines is 1. The van der Waals surface area contributed by atoms with E-state index in [9.17, 15) is 4.79 Å². The van der Waals surface area contributed by atoms with E-state index in [0.29, 0.717) is 0 Å². The molecule has 0 amide bonds. The Bertz CT molecular complexity index is 740. The second-order valence-electron chi connectivity index (χ2n) is 6.01. The molecule has 0 N–H and O–H groups in total. The molecule has 0 unspecified atom stereocenters. The second kappa shape index (κ2) is 4.20. The molecule has 1 aliphatic rings. The Morgan fingerprint density at radius 3 is 2.55 bits per heavy atom. The van der Waals surface area contributed by atoms with Crippen molar-refractivity contribution in [2.24, 2.45) is 0 Å². The summed E-state index contributed by atoms with van der Waals surface area (Å²) >= 11 is 0. The number of likely N-dealkylation sites (N-methyl/N-ethyl adjacent to an activating group) is 1. The number of hydrogen-bond acceptors (Lipinski definition) is 2. The van der Waals surface area contributed by atoms with Gasteiger partial charge in [-0.25, -0.2) is 0 Å². The molecular formula is C18H19NO. The van der Waals surface area contributed by atoms with Gasteiger partial charge in [0.2, 0.25) is 0 Å². The number of carbonyl (C=O) groups is 1. The molecule has 20 heavy (non-hydrogen) atoms. The first-order valence-electron chi connectivity index (χ1n) is 6.91. The highest BCUT2D eigenvalue weighted by Crippen LogP contribution is 2.49. The minimum Gasteiger partial charge on any atom is -0.346 e. The molecule has 0 aromatic heterocycles. The molecule has 2 aromatic carbocycles. The maximum absolute atomic E-state index is 11.5. The summed E-state index contributed by atoms with van der Waals surface area (Å²) < 4.78 is 0. The molecule has 0 atom stereocenters. The van der Waals surface area contributed by atoms with Crippen LogP contribution in [0.2, 0.25) is 0 Å². The van der Waals surface area contributed by atoms with Crippen molar-refractivity contribution in [3.05, 3.63) is 53.7 Å². The summed E-state index contributed by atoms with van der Waals surface area (Å²) in [5.41, 5.74) is 3.43. The van der Waals surface area contributed by atoms with Crippen molar-refractivity contribution in [3.8, 4) is 0 Å². The summed E-state index contributed by atoms with van der Waals surface area (Å²) in [5.74, 6) is 0.0945. The van der Waals surface area contributed by atoms with E-state index in [1.54, 1.807) is 13.0 Å². The minimum atomic E-state index is -0.139. The molecule has 0 fully saturated rings. The fourth-order valence-electron chi connectivity index (χ4n) is 3.27. The van der Waals surface area contributed by atoms with Crippen LogP contribution in [0.1, 0.15) is 26.3 Å². The van der Waals surface area contributed by atoms with Crippen molar-refractivity contribution < 1.29 is 4.79 Å². The predicted octanol–water partition coefficient (Wildman–Crippen LogP) is 4.04. The Balaban J connectivity index is 2.35. The topological polar surface area (TPSA) is 20.3 Å². The van der Waals surface area contributed by atoms with Gasteiger partial charge in [0.05, 0.1) is 5.69 Å². The summed E-state index contributed by atoms with van der Waals surface area (Å²) in [6.45, 7) is 5.97. The average Bonchev–Trinajstić information content (AvgIpc) is 2.60. The first-order valence-corrected chi connectivity index (χ1v) is 6.91. The van der Waals surface area contributed by atoms with Gasteiger partial charge in [-0.15, -0.1) is 0 Å². The number of fused-ring (bicyclic) bond motifs is 3. The molecule has 0 bridgehead atoms. The van der Waals surface area contributed by atoms with E-state index in [1.807, 2.05) is 0 Å². The maximum Gasteiger partial charge on any atom is 0.154 e. The van der Waals surface area contributed by atoms with E-state index in [2.05, 4.69) is 62.2 Å². The number of benzene rings is 2. The highest BCUT2D eigenvalue weighted by Gasteiger charge is 2.39. The van der Waals surface area contributed by atoms with Crippen molar-refractivity contribution in [1.29, 1.82) is 0 Å². The van der Waals surface area contributed by atoms with Gasteiger partial charge in [-0.2, -0.15) is 0 Å². The molecule has 3 rings (SSSR count). The normalized spacial score (nSPS) is 18.6. The van der Waals surface area contributed by atoms with E-state index in [4.69, 9.17) is 0 Å². The zero-order valence-electron chi connectivity index (χ0n) is 12.4. The monoisotopic (exact) mass is 265 g/mol. The molecule has 1 heterocycles. The van der Waals surface area contributed by atoms with E-state index in [-0.39, 0.29) is 11.2 Å². The number of ketones is 1. The van der Waals surface area contributed by atoms with Crippen molar-refractivity contribution in [2.45, 2.75) is 26.2 Å². The van der Waals surface area contributed by atoms with Gasteiger partial charge in [-0.1, -0.05) is 50.2 Å². The Hall–Kier alpha value is -2.09. The summed E-state index contributed by atoms with van der Waals surface area (Å²) in [5, 5.41) is 2.48. The van der Waals surface area contributed by atoms with Crippen LogP contribution in [0.5, 0.6) is 0 Å². The van der Waals surface area contributed by atoms with Crippen LogP contribution >= 0.6 is 0 Å². The van der Waals surface area contributed by atoms with Crippen LogP contribution in [0, 0.1) is 0 Å². The van der Waals surface area contributed by atoms with Crippen LogP contribution in [0.3, 0.4) is 0 Å². The molecular weight excluding hydrogens is 246 g/mol. The summed E-state index contributed by atoms with van der Waals surface area (Å²) in [4.78, 5) is 13.7. The fourth-order valence-corrected chi connectivity index (χ4v) is 3.27. The van der Waals surface area contributed by atoms with Gasteiger partial charge in [-0.05, 0) is 17.9 Å². The third kappa shape index (κ3) is 1.68. The predicted molar refractivity (Wildman–Crippen MR) is 84.1 cm³/mol. The van der Waals surface area contributed by atoms with E-state index >= 15 is 0 Å². The van der Waals surface area contributed by atoms with Gasteiger partial charge >= 0.3 is 0 Å². The van der Waals surface area contributed by atoms with Gasteiger partial charge < -0.3 is 4.90 Å². The van der Waals surface area contributed by atoms with Gasteiger partial charge in [0.15, 0.2) is 5.78 Å². The summed E-state index contributed by atoms with van der Waals surface area (Å²) in [6, 6.07) is 12.8. The average molecular weight is 265 g/mol. The van der Waals surface area contributed by atoms with Crippen molar-refractivity contribution in [1.82, 2.24) is 0 Å². The van der Waals surface area contributed by atoms with Crippen LogP contribution in [0.25, 0.3) is 10.8 Å². The molecule has 2 heteroatoms. The highest BCUT2D eigenvalue weighted by atomic mass is 16.1. The molecule has 2 nitrogen and oxygen atoms in total. The highest BCUT2D eigenvalue weighted by molar-refractivity contribution is 6.00. The SMILES string of the molecule is CC(=O)C=C1N(C)c2c(ccc3ccccc23)C1(C)C. The summed E-state index contributed by atoms with van der Waals surface area (Å²) in [6.07, 6.45) is 1.76. The molecule has 0 saturated heterocycles. The summed E-state index contributed by atoms with van der Waals surface area (Å²) in [7, 11) is 2.05. The van der Waals surface area contributed by atoms with Crippen molar-refractivity contribution in [3.63, 3.8) is 0 Å². The fraction of sp³-hybridized carbons (Fsp3) is 0.278. The lowest BCUT2D eigenvalue weighted by Gasteiger charge is -2.23. The standard InChI is InChI=1S/C18H19NO/c1-12(20)11-16-18(2,3)15-10-9-13-7-5-6-8-14(13)17(15)19(16)4/h5-11H,1-4H3. The number of nitrogens with zero attached hydrogens (tertiary/aromatic N) is 1. The van der Waals surface area contributed by atoms with Crippen molar-refractivity contribution >= 4 is 22.2 Å². The zero-order chi connectivity index (χ0) is 14.5. The van der Waals surface area contributed by atoms with Crippen LogP contribution < -0.4 is 4.90 Å². The van der Waals surface area contributed by atoms with Gasteiger partial charge in [-0.3, -0.25) is 4.79 Å². The Kier molecular flexibility index (Phi) is 2.72. The van der Waals surface area contributed by atoms with E-state index < -0.39 is 0 Å². The lowest BCUT2D eigenvalue weighted by molar-refractivity contribution is -0.112. The Morgan fingerprint density at radius 1 is 1.15 bits per heavy atom. The van der Waals surface area contributed by atoms with Crippen LogP contribution in [0.15, 0.2) is 48.2 Å². The minimum absolute atomic E-state index is 0.0945. The Labute approximate surface area is 119 Å². The molecule has 0 saturated carbocycles. The molecule has 1 aliphatic heterocycles. The number of carbonyl (C=O) groups excluding carboxylic acids is 1. The smallest absolute Gasteiger partial charge is 0.154 e. The van der Waals surface area contributed by atoms with Crippen LogP contribution in [0.4, 0.5) is 5.69 Å². The number of hydrogen-bond donors (Lipinski definition) is 0. The van der Waals surface area contributed by atoms with E-state index in [0.717, 1.165) is 5.70 Å². The maximum atomic E-state index is 11.5. The number of rotatable bonds is 1. The molecule has 2 aromatic rings. The number of allylic oxidation sites excluding steroid dienone is 2. The first kappa shape index (κ1) is 12.9. The lowest BCUT2D eigenvalue weighted by Crippen LogP contribution is -2.23. The van der Waals surface area contributed by atoms with Gasteiger partial charge in [0.25, 0.3) is 0 Å². The molecule has 102 valence electrons. The van der Waals surface area contributed by atoms with Gasteiger partial charge in [0.1, 0.15) is 0 Å². The Morgan fingerprint density at radius 2 is 1.85 bits per heavy atom. The molecule has 0 spiro atoms. The van der Waals surface area contributed by atoms with Gasteiger partial charge in [0, 0.05) is 29.6 Å². The third-order valence-corrected chi connectivity index (χ3v) is 4.25. The lowest BCUT2D eigenvalue weighted by atomic mass is 9.83.